The van der Waals surface area contributed by atoms with E-state index in [-0.39, 0.29) is 29.8 Å². The highest BCUT2D eigenvalue weighted by molar-refractivity contribution is 7.89. The number of amides is 2. The smallest absolute Gasteiger partial charge is 0.279 e. The summed E-state index contributed by atoms with van der Waals surface area (Å²) in [4.78, 5) is 26.0. The molecule has 0 aliphatic rings. The lowest BCUT2D eigenvalue weighted by molar-refractivity contribution is -0.862. The van der Waals surface area contributed by atoms with Gasteiger partial charge in [-0.15, -0.1) is 0 Å². The summed E-state index contributed by atoms with van der Waals surface area (Å²) in [5.41, 5.74) is 0.979. The van der Waals surface area contributed by atoms with E-state index >= 15 is 0 Å². The summed E-state index contributed by atoms with van der Waals surface area (Å²) >= 11 is 0. The summed E-state index contributed by atoms with van der Waals surface area (Å²) in [6, 6.07) is 4.69. The van der Waals surface area contributed by atoms with Gasteiger partial charge in [0.1, 0.15) is 0 Å². The van der Waals surface area contributed by atoms with Crippen molar-refractivity contribution in [3.8, 4) is 0 Å². The first kappa shape index (κ1) is 20.1. The summed E-state index contributed by atoms with van der Waals surface area (Å²) in [7, 11) is 2.80. The van der Waals surface area contributed by atoms with Crippen LogP contribution in [0, 0.1) is 6.92 Å². The number of carbonyl (C=O) groups excluding carboxylic acids is 2. The van der Waals surface area contributed by atoms with E-state index in [9.17, 15) is 18.0 Å². The van der Waals surface area contributed by atoms with Crippen LogP contribution in [-0.2, 0) is 19.6 Å². The van der Waals surface area contributed by atoms with Crippen molar-refractivity contribution >= 4 is 27.5 Å². The Hall–Kier alpha value is -1.97. The van der Waals surface area contributed by atoms with Gasteiger partial charge in [0.25, 0.3) is 11.8 Å². The molecular formula is C15H25N4O4S+. The Bertz CT molecular complexity index is 716. The number of carbonyl (C=O) groups is 2. The molecule has 1 aromatic carbocycles. The molecule has 9 heteroatoms. The lowest BCUT2D eigenvalue weighted by atomic mass is 10.2. The van der Waals surface area contributed by atoms with Crippen molar-refractivity contribution in [1.29, 1.82) is 0 Å². The van der Waals surface area contributed by atoms with Gasteiger partial charge in [0.2, 0.25) is 10.0 Å². The van der Waals surface area contributed by atoms with E-state index in [1.807, 2.05) is 0 Å². The molecule has 2 amide bonds. The number of hydrogen-bond donors (Lipinski definition) is 3. The average molecular weight is 357 g/mol. The Morgan fingerprint density at radius 2 is 1.83 bits per heavy atom. The summed E-state index contributed by atoms with van der Waals surface area (Å²) in [5, 5.41) is 2.66. The summed E-state index contributed by atoms with van der Waals surface area (Å²) in [6.07, 6.45) is 0. The topological polar surface area (TPSA) is 100 Å². The van der Waals surface area contributed by atoms with E-state index in [2.05, 4.69) is 10.0 Å². The van der Waals surface area contributed by atoms with Crippen LogP contribution in [0.4, 0.5) is 5.69 Å². The van der Waals surface area contributed by atoms with Gasteiger partial charge in [-0.25, -0.2) is 13.1 Å². The van der Waals surface area contributed by atoms with Gasteiger partial charge in [-0.1, -0.05) is 6.07 Å². The van der Waals surface area contributed by atoms with Gasteiger partial charge in [-0.2, -0.15) is 0 Å². The van der Waals surface area contributed by atoms with Crippen molar-refractivity contribution in [2.24, 2.45) is 0 Å². The average Bonchev–Trinajstić information content (AvgIpc) is 2.48. The molecule has 0 saturated carbocycles. The molecule has 134 valence electrons. The number of hydrogen-bond acceptors (Lipinski definition) is 4. The highest BCUT2D eigenvalue weighted by Crippen LogP contribution is 2.19. The molecule has 0 bridgehead atoms. The maximum Gasteiger partial charge on any atom is 0.279 e. The minimum atomic E-state index is -3.59. The molecule has 0 saturated heterocycles. The molecule has 0 aliphatic heterocycles. The minimum absolute atomic E-state index is 0.0713. The van der Waals surface area contributed by atoms with Gasteiger partial charge < -0.3 is 15.1 Å². The van der Waals surface area contributed by atoms with Gasteiger partial charge in [0.15, 0.2) is 13.1 Å². The fourth-order valence-electron chi connectivity index (χ4n) is 2.04. The Morgan fingerprint density at radius 3 is 2.38 bits per heavy atom. The number of sulfonamides is 1. The first-order valence-electron chi connectivity index (χ1n) is 7.42. The van der Waals surface area contributed by atoms with Crippen molar-refractivity contribution in [2.75, 3.05) is 46.6 Å². The number of nitrogens with zero attached hydrogens (tertiary/aromatic N) is 1. The second-order valence-electron chi connectivity index (χ2n) is 5.83. The zero-order valence-electron chi connectivity index (χ0n) is 14.6. The van der Waals surface area contributed by atoms with E-state index < -0.39 is 10.0 Å². The molecule has 24 heavy (non-hydrogen) atoms. The van der Waals surface area contributed by atoms with Crippen LogP contribution in [0.1, 0.15) is 5.56 Å². The van der Waals surface area contributed by atoms with Gasteiger partial charge in [0, 0.05) is 19.8 Å². The largest absolute Gasteiger partial charge is 0.344 e. The van der Waals surface area contributed by atoms with Crippen molar-refractivity contribution < 1.29 is 22.9 Å². The van der Waals surface area contributed by atoms with E-state index in [0.29, 0.717) is 11.3 Å². The third-order valence-corrected chi connectivity index (χ3v) is 5.00. The molecular weight excluding hydrogens is 332 g/mol. The first-order chi connectivity index (χ1) is 11.1. The fourth-order valence-corrected chi connectivity index (χ4v) is 3.03. The third-order valence-electron chi connectivity index (χ3n) is 3.44. The number of aryl methyl sites for hydroxylation is 1. The van der Waals surface area contributed by atoms with E-state index in [1.54, 1.807) is 40.2 Å². The van der Waals surface area contributed by atoms with E-state index in [0.717, 1.165) is 4.90 Å². The molecule has 8 nitrogen and oxygen atoms in total. The predicted octanol–water partition coefficient (Wildman–Crippen LogP) is -1.56. The number of rotatable bonds is 7. The second kappa shape index (κ2) is 8.22. The van der Waals surface area contributed by atoms with Gasteiger partial charge in [-0.05, 0) is 31.7 Å². The normalized spacial score (nSPS) is 12.5. The summed E-state index contributed by atoms with van der Waals surface area (Å²) < 4.78 is 26.2. The van der Waals surface area contributed by atoms with Crippen LogP contribution >= 0.6 is 0 Å². The molecule has 0 radical (unpaired) electrons. The Labute approximate surface area is 142 Å². The van der Waals surface area contributed by atoms with E-state index in [1.165, 1.54) is 18.0 Å². The minimum Gasteiger partial charge on any atom is -0.344 e. The van der Waals surface area contributed by atoms with Crippen LogP contribution in [0.25, 0.3) is 0 Å². The van der Waals surface area contributed by atoms with Crippen molar-refractivity contribution in [1.82, 2.24) is 9.62 Å². The van der Waals surface area contributed by atoms with Crippen LogP contribution in [0.3, 0.4) is 0 Å². The highest BCUT2D eigenvalue weighted by atomic mass is 32.2. The number of anilines is 1. The first-order valence-corrected chi connectivity index (χ1v) is 8.90. The zero-order valence-corrected chi connectivity index (χ0v) is 15.5. The van der Waals surface area contributed by atoms with E-state index in [4.69, 9.17) is 0 Å². The molecule has 1 unspecified atom stereocenters. The third kappa shape index (κ3) is 5.59. The standard InChI is InChI=1S/C15H24N4O4S/c1-11-6-7-12(8-13(11)24(22,23)16-2)17-14(20)9-19(5)10-15(21)18(3)4/h6-8,16H,9-10H2,1-5H3,(H,17,20)/p+1. The SMILES string of the molecule is CNS(=O)(=O)c1cc(NC(=O)C[NH+](C)CC(=O)N(C)C)ccc1C. The van der Waals surface area contributed by atoms with Crippen molar-refractivity contribution in [2.45, 2.75) is 11.8 Å². The molecule has 1 aromatic rings. The quantitative estimate of drug-likeness (QED) is 0.550. The summed E-state index contributed by atoms with van der Waals surface area (Å²) in [5.74, 6) is -0.367. The predicted molar refractivity (Wildman–Crippen MR) is 91.4 cm³/mol. The van der Waals surface area contributed by atoms with Crippen LogP contribution in [0.2, 0.25) is 0 Å². The lowest BCUT2D eigenvalue weighted by Crippen LogP contribution is -3.11. The van der Waals surface area contributed by atoms with Gasteiger partial charge in [0.05, 0.1) is 11.9 Å². The molecule has 0 spiro atoms. The number of benzene rings is 1. The molecule has 3 N–H and O–H groups in total. The van der Waals surface area contributed by atoms with Crippen molar-refractivity contribution in [3.63, 3.8) is 0 Å². The Balaban J connectivity index is 2.78. The molecule has 1 rings (SSSR count). The highest BCUT2D eigenvalue weighted by Gasteiger charge is 2.18. The maximum atomic E-state index is 12.1. The van der Waals surface area contributed by atoms with Gasteiger partial charge >= 0.3 is 0 Å². The molecule has 0 fully saturated rings. The number of quaternary nitrogens is 1. The maximum absolute atomic E-state index is 12.1. The van der Waals surface area contributed by atoms with Crippen LogP contribution in [-0.4, -0.2) is 66.4 Å². The van der Waals surface area contributed by atoms with Crippen molar-refractivity contribution in [3.05, 3.63) is 23.8 Å². The molecule has 0 aliphatic carbocycles. The Morgan fingerprint density at radius 1 is 1.21 bits per heavy atom. The van der Waals surface area contributed by atoms with Crippen LogP contribution < -0.4 is 14.9 Å². The fraction of sp³-hybridized carbons (Fsp3) is 0.467. The molecule has 0 aromatic heterocycles. The van der Waals surface area contributed by atoms with Crippen LogP contribution in [0.15, 0.2) is 23.1 Å². The number of likely N-dealkylation sites (N-methyl/N-ethyl adjacent to an activating group) is 2. The second-order valence-corrected chi connectivity index (χ2v) is 7.69. The molecule has 1 atom stereocenters. The Kier molecular flexibility index (Phi) is 6.88. The number of nitrogens with one attached hydrogen (secondary N) is 3. The van der Waals surface area contributed by atoms with Gasteiger partial charge in [-0.3, -0.25) is 9.59 Å². The summed E-state index contributed by atoms with van der Waals surface area (Å²) in [6.45, 7) is 1.98. The monoisotopic (exact) mass is 357 g/mol. The lowest BCUT2D eigenvalue weighted by Gasteiger charge is -2.16. The molecule has 0 heterocycles. The zero-order chi connectivity index (χ0) is 18.5. The van der Waals surface area contributed by atoms with Crippen LogP contribution in [0.5, 0.6) is 0 Å².